The molecule has 0 aliphatic carbocycles. The molecule has 4 nitrogen and oxygen atoms in total. The van der Waals surface area contributed by atoms with Gasteiger partial charge in [-0.3, -0.25) is 9.79 Å². The molecule has 22 heavy (non-hydrogen) atoms. The van der Waals surface area contributed by atoms with Gasteiger partial charge in [0, 0.05) is 12.7 Å². The van der Waals surface area contributed by atoms with Gasteiger partial charge >= 0.3 is 0 Å². The van der Waals surface area contributed by atoms with Crippen molar-refractivity contribution in [3.63, 3.8) is 0 Å². The average Bonchev–Trinajstić information content (AvgIpc) is 2.81. The highest BCUT2D eigenvalue weighted by Crippen LogP contribution is 2.26. The second kappa shape index (κ2) is 7.05. The van der Waals surface area contributed by atoms with Crippen LogP contribution in [0.4, 0.5) is 10.1 Å². The number of rotatable bonds is 4. The first kappa shape index (κ1) is 16.7. The lowest BCUT2D eigenvalue weighted by atomic mass is 10.0. The van der Waals surface area contributed by atoms with Gasteiger partial charge in [0.25, 0.3) is 0 Å². The van der Waals surface area contributed by atoms with Crippen molar-refractivity contribution in [1.82, 2.24) is 4.90 Å². The second-order valence-corrected chi connectivity index (χ2v) is 6.53. The molecular formula is C16H19BrFN3O. The Morgan fingerprint density at radius 1 is 1.45 bits per heavy atom. The number of aliphatic imine (C=N–C) groups is 1. The molecule has 1 unspecified atom stereocenters. The Morgan fingerprint density at radius 3 is 2.55 bits per heavy atom. The Labute approximate surface area is 138 Å². The van der Waals surface area contributed by atoms with E-state index in [0.29, 0.717) is 23.6 Å². The summed E-state index contributed by atoms with van der Waals surface area (Å²) in [6.45, 7) is 4.57. The van der Waals surface area contributed by atoms with Crippen LogP contribution >= 0.6 is 15.9 Å². The van der Waals surface area contributed by atoms with E-state index in [1.54, 1.807) is 17.0 Å². The Kier molecular flexibility index (Phi) is 5.34. The summed E-state index contributed by atoms with van der Waals surface area (Å²) in [6, 6.07) is 5.92. The summed E-state index contributed by atoms with van der Waals surface area (Å²) in [5, 5.41) is 0. The number of nitrogens with two attached hydrogens (primary N) is 1. The smallest absolute Gasteiger partial charge is 0.240 e. The SMILES string of the molecule is CC(C)C(=Nc1ccc(F)cc1)C(=CN)N1CCC(Br)C1=O. The van der Waals surface area contributed by atoms with Gasteiger partial charge in [-0.05, 0) is 36.6 Å². The Bertz CT molecular complexity index is 610. The minimum atomic E-state index is -0.309. The van der Waals surface area contributed by atoms with Crippen molar-refractivity contribution in [3.8, 4) is 0 Å². The van der Waals surface area contributed by atoms with Crippen LogP contribution in [0, 0.1) is 11.7 Å². The van der Waals surface area contributed by atoms with Gasteiger partial charge in [-0.1, -0.05) is 29.8 Å². The van der Waals surface area contributed by atoms with Gasteiger partial charge in [-0.25, -0.2) is 4.39 Å². The quantitative estimate of drug-likeness (QED) is 0.655. The van der Waals surface area contributed by atoms with Gasteiger partial charge < -0.3 is 10.6 Å². The molecule has 1 aliphatic rings. The van der Waals surface area contributed by atoms with E-state index in [-0.39, 0.29) is 22.5 Å². The van der Waals surface area contributed by atoms with Crippen LogP contribution in [-0.2, 0) is 4.79 Å². The number of carbonyl (C=O) groups is 1. The summed E-state index contributed by atoms with van der Waals surface area (Å²) in [6.07, 6.45) is 2.16. The summed E-state index contributed by atoms with van der Waals surface area (Å²) < 4.78 is 13.0. The van der Waals surface area contributed by atoms with Gasteiger partial charge in [-0.2, -0.15) is 0 Å². The van der Waals surface area contributed by atoms with Crippen LogP contribution in [0.5, 0.6) is 0 Å². The van der Waals surface area contributed by atoms with Crippen LogP contribution in [0.2, 0.25) is 0 Å². The normalized spacial score (nSPS) is 20.1. The summed E-state index contributed by atoms with van der Waals surface area (Å²) in [7, 11) is 0. The first-order valence-corrected chi connectivity index (χ1v) is 8.07. The van der Waals surface area contributed by atoms with Crippen molar-refractivity contribution in [2.24, 2.45) is 16.6 Å². The van der Waals surface area contributed by atoms with Gasteiger partial charge in [0.2, 0.25) is 5.91 Å². The molecule has 0 radical (unpaired) electrons. The first-order chi connectivity index (χ1) is 10.4. The minimum absolute atomic E-state index is 0.0100. The van der Waals surface area contributed by atoms with Crippen LogP contribution in [0.3, 0.4) is 0 Å². The summed E-state index contributed by atoms with van der Waals surface area (Å²) in [5.41, 5.74) is 7.72. The molecule has 1 heterocycles. The number of likely N-dealkylation sites (tertiary alicyclic amines) is 1. The summed E-state index contributed by atoms with van der Waals surface area (Å²) in [5.74, 6) is -0.248. The molecule has 1 atom stereocenters. The molecule has 1 saturated heterocycles. The lowest BCUT2D eigenvalue weighted by Gasteiger charge is -2.23. The predicted octanol–water partition coefficient (Wildman–Crippen LogP) is 3.35. The number of alkyl halides is 1. The largest absolute Gasteiger partial charge is 0.403 e. The van der Waals surface area contributed by atoms with Gasteiger partial charge in [-0.15, -0.1) is 0 Å². The summed E-state index contributed by atoms with van der Waals surface area (Å²) in [4.78, 5) is 18.3. The van der Waals surface area contributed by atoms with E-state index in [2.05, 4.69) is 20.9 Å². The molecule has 0 aromatic heterocycles. The molecular weight excluding hydrogens is 349 g/mol. The molecule has 6 heteroatoms. The van der Waals surface area contributed by atoms with E-state index in [4.69, 9.17) is 5.73 Å². The lowest BCUT2D eigenvalue weighted by Crippen LogP contribution is -2.33. The standard InChI is InChI=1S/C16H19BrFN3O/c1-10(2)15(20-12-5-3-11(18)4-6-12)14(9-19)21-8-7-13(17)16(21)22/h3-6,9-10,13H,7-8,19H2,1-2H3. The monoisotopic (exact) mass is 367 g/mol. The van der Waals surface area contributed by atoms with Gasteiger partial charge in [0.05, 0.1) is 21.9 Å². The van der Waals surface area contributed by atoms with Crippen LogP contribution in [0.15, 0.2) is 41.2 Å². The molecule has 0 saturated carbocycles. The number of nitrogens with zero attached hydrogens (tertiary/aromatic N) is 2. The zero-order chi connectivity index (χ0) is 16.3. The molecule has 0 bridgehead atoms. The van der Waals surface area contributed by atoms with Crippen molar-refractivity contribution in [1.29, 1.82) is 0 Å². The fraction of sp³-hybridized carbons (Fsp3) is 0.375. The van der Waals surface area contributed by atoms with Crippen molar-refractivity contribution in [3.05, 3.63) is 42.0 Å². The Morgan fingerprint density at radius 2 is 2.09 bits per heavy atom. The third-order valence-corrected chi connectivity index (χ3v) is 4.32. The van der Waals surface area contributed by atoms with E-state index in [0.717, 1.165) is 6.42 Å². The minimum Gasteiger partial charge on any atom is -0.403 e. The number of allylic oxidation sites excluding steroid dienone is 1. The maximum absolute atomic E-state index is 13.0. The Balaban J connectivity index is 2.37. The maximum Gasteiger partial charge on any atom is 0.240 e. The molecule has 1 fully saturated rings. The van der Waals surface area contributed by atoms with Crippen molar-refractivity contribution < 1.29 is 9.18 Å². The number of halogens is 2. The maximum atomic E-state index is 13.0. The molecule has 2 rings (SSSR count). The second-order valence-electron chi connectivity index (χ2n) is 5.43. The molecule has 1 amide bonds. The van der Waals surface area contributed by atoms with E-state index >= 15 is 0 Å². The van der Waals surface area contributed by atoms with Crippen molar-refractivity contribution in [2.75, 3.05) is 6.54 Å². The van der Waals surface area contributed by atoms with Crippen LogP contribution in [0.1, 0.15) is 20.3 Å². The number of amides is 1. The molecule has 0 spiro atoms. The van der Waals surface area contributed by atoms with E-state index in [9.17, 15) is 9.18 Å². The van der Waals surface area contributed by atoms with Gasteiger partial charge in [0.15, 0.2) is 0 Å². The van der Waals surface area contributed by atoms with Crippen LogP contribution in [-0.4, -0.2) is 27.9 Å². The molecule has 1 aromatic rings. The van der Waals surface area contributed by atoms with Crippen molar-refractivity contribution in [2.45, 2.75) is 25.1 Å². The average molecular weight is 368 g/mol. The molecule has 118 valence electrons. The zero-order valence-electron chi connectivity index (χ0n) is 12.6. The summed E-state index contributed by atoms with van der Waals surface area (Å²) >= 11 is 3.36. The third kappa shape index (κ3) is 3.55. The number of hydrogen-bond donors (Lipinski definition) is 1. The number of hydrogen-bond acceptors (Lipinski definition) is 3. The lowest BCUT2D eigenvalue weighted by molar-refractivity contribution is -0.125. The number of benzene rings is 1. The zero-order valence-corrected chi connectivity index (χ0v) is 14.2. The Hall–Kier alpha value is -1.69. The van der Waals surface area contributed by atoms with Gasteiger partial charge in [0.1, 0.15) is 5.82 Å². The highest BCUT2D eigenvalue weighted by atomic mass is 79.9. The highest BCUT2D eigenvalue weighted by Gasteiger charge is 2.33. The first-order valence-electron chi connectivity index (χ1n) is 7.16. The molecule has 1 aromatic carbocycles. The third-order valence-electron chi connectivity index (χ3n) is 3.47. The number of carbonyl (C=O) groups excluding carboxylic acids is 1. The molecule has 2 N–H and O–H groups in total. The van der Waals surface area contributed by atoms with E-state index < -0.39 is 0 Å². The van der Waals surface area contributed by atoms with Crippen LogP contribution < -0.4 is 5.73 Å². The fourth-order valence-electron chi connectivity index (χ4n) is 2.33. The van der Waals surface area contributed by atoms with E-state index in [1.807, 2.05) is 13.8 Å². The molecule has 1 aliphatic heterocycles. The highest BCUT2D eigenvalue weighted by molar-refractivity contribution is 9.10. The topological polar surface area (TPSA) is 58.7 Å². The van der Waals surface area contributed by atoms with Crippen molar-refractivity contribution >= 4 is 33.2 Å². The fourth-order valence-corrected chi connectivity index (χ4v) is 2.79. The van der Waals surface area contributed by atoms with Crippen LogP contribution in [0.25, 0.3) is 0 Å². The predicted molar refractivity (Wildman–Crippen MR) is 89.6 cm³/mol. The van der Waals surface area contributed by atoms with E-state index in [1.165, 1.54) is 18.3 Å².